The van der Waals surface area contributed by atoms with Gasteiger partial charge in [0, 0.05) is 25.7 Å². The van der Waals surface area contributed by atoms with E-state index in [1.807, 2.05) is 0 Å². The van der Waals surface area contributed by atoms with E-state index in [9.17, 15) is 18.0 Å². The molecule has 0 bridgehead atoms. The van der Waals surface area contributed by atoms with Crippen molar-refractivity contribution in [3.63, 3.8) is 0 Å². The molecule has 6 heteroatoms. The molecule has 0 spiro atoms. The lowest BCUT2D eigenvalue weighted by atomic mass is 10.2. The van der Waals surface area contributed by atoms with Gasteiger partial charge in [-0.05, 0) is 17.7 Å². The Hall–Kier alpha value is -1.56. The molecule has 0 aliphatic heterocycles. The molecule has 1 aromatic rings. The van der Waals surface area contributed by atoms with Crippen molar-refractivity contribution in [2.24, 2.45) is 5.73 Å². The Bertz CT molecular complexity index is 418. The number of halogens is 3. The molecule has 18 heavy (non-hydrogen) atoms. The van der Waals surface area contributed by atoms with Gasteiger partial charge in [0.2, 0.25) is 5.91 Å². The Morgan fingerprint density at radius 1 is 1.39 bits per heavy atom. The number of nitrogens with two attached hydrogens (primary N) is 1. The SMILES string of the molecule is CN(C(=O)CCC(F)(F)F)c1cccc(CN)c1. The lowest BCUT2D eigenvalue weighted by Crippen LogP contribution is -2.27. The van der Waals surface area contributed by atoms with Crippen molar-refractivity contribution in [3.8, 4) is 0 Å². The summed E-state index contributed by atoms with van der Waals surface area (Å²) in [5.41, 5.74) is 6.83. The van der Waals surface area contributed by atoms with Crippen LogP contribution in [0.2, 0.25) is 0 Å². The summed E-state index contributed by atoms with van der Waals surface area (Å²) in [6.07, 6.45) is -5.96. The maximum absolute atomic E-state index is 12.0. The molecule has 1 amide bonds. The van der Waals surface area contributed by atoms with Crippen molar-refractivity contribution < 1.29 is 18.0 Å². The zero-order valence-electron chi connectivity index (χ0n) is 10.00. The van der Waals surface area contributed by atoms with Crippen LogP contribution in [-0.4, -0.2) is 19.1 Å². The van der Waals surface area contributed by atoms with E-state index in [0.29, 0.717) is 12.2 Å². The molecule has 0 saturated heterocycles. The third-order valence-electron chi connectivity index (χ3n) is 2.53. The van der Waals surface area contributed by atoms with Gasteiger partial charge >= 0.3 is 6.18 Å². The molecule has 0 aliphatic carbocycles. The van der Waals surface area contributed by atoms with Crippen LogP contribution in [-0.2, 0) is 11.3 Å². The van der Waals surface area contributed by atoms with Crippen molar-refractivity contribution in [2.45, 2.75) is 25.6 Å². The van der Waals surface area contributed by atoms with E-state index in [1.165, 1.54) is 11.9 Å². The Morgan fingerprint density at radius 2 is 2.06 bits per heavy atom. The minimum absolute atomic E-state index is 0.318. The van der Waals surface area contributed by atoms with Gasteiger partial charge in [-0.25, -0.2) is 0 Å². The normalized spacial score (nSPS) is 11.4. The summed E-state index contributed by atoms with van der Waals surface area (Å²) < 4.78 is 36.0. The first-order valence-corrected chi connectivity index (χ1v) is 5.46. The number of alkyl halides is 3. The highest BCUT2D eigenvalue weighted by Crippen LogP contribution is 2.23. The second-order valence-electron chi connectivity index (χ2n) is 3.94. The highest BCUT2D eigenvalue weighted by atomic mass is 19.4. The average molecular weight is 260 g/mol. The molecule has 0 atom stereocenters. The molecule has 0 aromatic heterocycles. The van der Waals surface area contributed by atoms with E-state index < -0.39 is 24.9 Å². The Balaban J connectivity index is 2.68. The van der Waals surface area contributed by atoms with Crippen LogP contribution in [0.25, 0.3) is 0 Å². The zero-order chi connectivity index (χ0) is 13.8. The molecule has 0 unspecified atom stereocenters. The monoisotopic (exact) mass is 260 g/mol. The second-order valence-corrected chi connectivity index (χ2v) is 3.94. The average Bonchev–Trinajstić information content (AvgIpc) is 2.34. The number of anilines is 1. The quantitative estimate of drug-likeness (QED) is 0.903. The molecule has 1 rings (SSSR count). The number of rotatable bonds is 4. The summed E-state index contributed by atoms with van der Waals surface area (Å²) in [4.78, 5) is 12.8. The number of carbonyl (C=O) groups is 1. The highest BCUT2D eigenvalue weighted by Gasteiger charge is 2.28. The molecule has 100 valence electrons. The minimum Gasteiger partial charge on any atom is -0.326 e. The van der Waals surface area contributed by atoms with E-state index in [2.05, 4.69) is 0 Å². The van der Waals surface area contributed by atoms with Crippen LogP contribution < -0.4 is 10.6 Å². The summed E-state index contributed by atoms with van der Waals surface area (Å²) in [7, 11) is 1.45. The fourth-order valence-corrected chi connectivity index (χ4v) is 1.45. The van der Waals surface area contributed by atoms with Crippen molar-refractivity contribution >= 4 is 11.6 Å². The predicted molar refractivity (Wildman–Crippen MR) is 63.0 cm³/mol. The molecular formula is C12H15F3N2O. The van der Waals surface area contributed by atoms with Gasteiger partial charge in [0.25, 0.3) is 0 Å². The second kappa shape index (κ2) is 5.86. The van der Waals surface area contributed by atoms with Crippen molar-refractivity contribution in [1.82, 2.24) is 0 Å². The van der Waals surface area contributed by atoms with Gasteiger partial charge < -0.3 is 10.6 Å². The molecule has 0 saturated carbocycles. The number of hydrogen-bond donors (Lipinski definition) is 1. The van der Waals surface area contributed by atoms with Crippen LogP contribution in [0.1, 0.15) is 18.4 Å². The van der Waals surface area contributed by atoms with Gasteiger partial charge in [-0.1, -0.05) is 12.1 Å². The first-order valence-electron chi connectivity index (χ1n) is 5.46. The van der Waals surface area contributed by atoms with Gasteiger partial charge in [0.15, 0.2) is 0 Å². The fraction of sp³-hybridized carbons (Fsp3) is 0.417. The minimum atomic E-state index is -4.31. The van der Waals surface area contributed by atoms with Crippen molar-refractivity contribution in [3.05, 3.63) is 29.8 Å². The number of benzene rings is 1. The van der Waals surface area contributed by atoms with E-state index >= 15 is 0 Å². The Kier molecular flexibility index (Phi) is 4.72. The lowest BCUT2D eigenvalue weighted by Gasteiger charge is -2.18. The van der Waals surface area contributed by atoms with E-state index in [4.69, 9.17) is 5.73 Å². The molecule has 0 fully saturated rings. The number of nitrogens with zero attached hydrogens (tertiary/aromatic N) is 1. The first-order chi connectivity index (χ1) is 8.33. The lowest BCUT2D eigenvalue weighted by molar-refractivity contribution is -0.142. The highest BCUT2D eigenvalue weighted by molar-refractivity contribution is 5.92. The number of amides is 1. The van der Waals surface area contributed by atoms with E-state index in [1.54, 1.807) is 24.3 Å². The standard InChI is InChI=1S/C12H15F3N2O/c1-17(11(18)5-6-12(13,14)15)10-4-2-3-9(7-10)8-16/h2-4,7H,5-6,8,16H2,1H3. The molecule has 2 N–H and O–H groups in total. The van der Waals surface area contributed by atoms with Crippen LogP contribution in [0.4, 0.5) is 18.9 Å². The molecular weight excluding hydrogens is 245 g/mol. The zero-order valence-corrected chi connectivity index (χ0v) is 10.00. The molecule has 0 heterocycles. The summed E-state index contributed by atoms with van der Waals surface area (Å²) in [6.45, 7) is 0.318. The summed E-state index contributed by atoms with van der Waals surface area (Å²) >= 11 is 0. The maximum atomic E-state index is 12.0. The predicted octanol–water partition coefficient (Wildman–Crippen LogP) is 2.45. The Morgan fingerprint density at radius 3 is 2.61 bits per heavy atom. The van der Waals surface area contributed by atoms with Crippen LogP contribution in [0.3, 0.4) is 0 Å². The number of hydrogen-bond acceptors (Lipinski definition) is 2. The van der Waals surface area contributed by atoms with E-state index in [-0.39, 0.29) is 0 Å². The van der Waals surface area contributed by atoms with E-state index in [0.717, 1.165) is 5.56 Å². The van der Waals surface area contributed by atoms with Gasteiger partial charge in [-0.15, -0.1) is 0 Å². The van der Waals surface area contributed by atoms with Crippen LogP contribution in [0.15, 0.2) is 24.3 Å². The van der Waals surface area contributed by atoms with Gasteiger partial charge in [-0.3, -0.25) is 4.79 Å². The van der Waals surface area contributed by atoms with Crippen LogP contribution in [0, 0.1) is 0 Å². The van der Waals surface area contributed by atoms with Gasteiger partial charge in [-0.2, -0.15) is 13.2 Å². The Labute approximate surface area is 103 Å². The maximum Gasteiger partial charge on any atom is 0.389 e. The van der Waals surface area contributed by atoms with Crippen molar-refractivity contribution in [1.29, 1.82) is 0 Å². The summed E-state index contributed by atoms with van der Waals surface area (Å²) in [5, 5.41) is 0. The fourth-order valence-electron chi connectivity index (χ4n) is 1.45. The first kappa shape index (κ1) is 14.5. The molecule has 1 aromatic carbocycles. The molecule has 0 aliphatic rings. The topological polar surface area (TPSA) is 46.3 Å². The summed E-state index contributed by atoms with van der Waals surface area (Å²) in [6, 6.07) is 6.85. The third-order valence-corrected chi connectivity index (χ3v) is 2.53. The molecule has 3 nitrogen and oxygen atoms in total. The third kappa shape index (κ3) is 4.37. The number of carbonyl (C=O) groups excluding carboxylic acids is 1. The largest absolute Gasteiger partial charge is 0.389 e. The summed E-state index contributed by atoms with van der Waals surface area (Å²) in [5.74, 6) is -0.568. The van der Waals surface area contributed by atoms with Crippen molar-refractivity contribution in [2.75, 3.05) is 11.9 Å². The van der Waals surface area contributed by atoms with Crippen LogP contribution in [0.5, 0.6) is 0 Å². The molecule has 0 radical (unpaired) electrons. The smallest absolute Gasteiger partial charge is 0.326 e. The van der Waals surface area contributed by atoms with Gasteiger partial charge in [0.1, 0.15) is 0 Å². The van der Waals surface area contributed by atoms with Crippen LogP contribution >= 0.6 is 0 Å². The van der Waals surface area contributed by atoms with Gasteiger partial charge in [0.05, 0.1) is 6.42 Å².